The van der Waals surface area contributed by atoms with Crippen molar-refractivity contribution in [3.05, 3.63) is 0 Å². The van der Waals surface area contributed by atoms with E-state index in [1.807, 2.05) is 11.9 Å². The van der Waals surface area contributed by atoms with E-state index < -0.39 is 0 Å². The summed E-state index contributed by atoms with van der Waals surface area (Å²) in [5.41, 5.74) is 5.52. The van der Waals surface area contributed by atoms with Gasteiger partial charge < -0.3 is 20.3 Å². The van der Waals surface area contributed by atoms with E-state index in [-0.39, 0.29) is 11.3 Å². The molecule has 1 atom stereocenters. The van der Waals surface area contributed by atoms with Gasteiger partial charge in [0.15, 0.2) is 0 Å². The number of ether oxygens (including phenoxy) is 1. The molecule has 1 amide bonds. The zero-order valence-corrected chi connectivity index (χ0v) is 12.2. The summed E-state index contributed by atoms with van der Waals surface area (Å²) in [5.74, 6) is 0.821. The molecule has 2 saturated heterocycles. The average Bonchev–Trinajstić information content (AvgIpc) is 2.84. The lowest BCUT2D eigenvalue weighted by Crippen LogP contribution is -2.50. The minimum atomic E-state index is -0.377. The molecule has 1 unspecified atom stereocenters. The quantitative estimate of drug-likeness (QED) is 0.789. The molecule has 0 radical (unpaired) electrons. The fourth-order valence-electron chi connectivity index (χ4n) is 3.32. The molecule has 2 heterocycles. The van der Waals surface area contributed by atoms with E-state index in [1.165, 1.54) is 6.42 Å². The number of carbonyl (C=O) groups is 1. The van der Waals surface area contributed by atoms with Gasteiger partial charge in [-0.15, -0.1) is 0 Å². The van der Waals surface area contributed by atoms with E-state index in [9.17, 15) is 4.79 Å². The smallest absolute Gasteiger partial charge is 0.229 e. The number of rotatable bonds is 4. The van der Waals surface area contributed by atoms with Gasteiger partial charge in [0.05, 0.1) is 5.41 Å². The highest BCUT2D eigenvalue weighted by Gasteiger charge is 2.41. The highest BCUT2D eigenvalue weighted by atomic mass is 16.5. The third-order valence-electron chi connectivity index (χ3n) is 4.66. The molecule has 2 fully saturated rings. The summed E-state index contributed by atoms with van der Waals surface area (Å²) in [6.07, 6.45) is 2.71. The van der Waals surface area contributed by atoms with Crippen molar-refractivity contribution in [2.75, 3.05) is 53.5 Å². The molecule has 19 heavy (non-hydrogen) atoms. The lowest BCUT2D eigenvalue weighted by molar-refractivity contribution is -0.146. The van der Waals surface area contributed by atoms with Gasteiger partial charge in [0.25, 0.3) is 0 Å². The maximum atomic E-state index is 12.7. The first kappa shape index (κ1) is 14.8. The summed E-state index contributed by atoms with van der Waals surface area (Å²) >= 11 is 0. The van der Waals surface area contributed by atoms with E-state index in [2.05, 4.69) is 11.9 Å². The zero-order valence-electron chi connectivity index (χ0n) is 12.2. The number of nitrogens with zero attached hydrogens (tertiary/aromatic N) is 2. The second-order valence-corrected chi connectivity index (χ2v) is 6.20. The third-order valence-corrected chi connectivity index (χ3v) is 4.66. The molecule has 0 saturated carbocycles. The predicted octanol–water partition coefficient (Wildman–Crippen LogP) is 0.152. The summed E-state index contributed by atoms with van der Waals surface area (Å²) in [5, 5.41) is 0. The SMILES string of the molecule is CN1CCC(CN(C)C(=O)C2(CN)CCOCC2)C1. The van der Waals surface area contributed by atoms with E-state index >= 15 is 0 Å². The number of carbonyl (C=O) groups excluding carboxylic acids is 1. The topological polar surface area (TPSA) is 58.8 Å². The Kier molecular flexibility index (Phi) is 4.81. The highest BCUT2D eigenvalue weighted by Crippen LogP contribution is 2.31. The Morgan fingerprint density at radius 2 is 2.16 bits per heavy atom. The van der Waals surface area contributed by atoms with Crippen LogP contribution in [0.1, 0.15) is 19.3 Å². The van der Waals surface area contributed by atoms with Crippen LogP contribution in [0.15, 0.2) is 0 Å². The van der Waals surface area contributed by atoms with Crippen molar-refractivity contribution in [3.8, 4) is 0 Å². The number of hydrogen-bond donors (Lipinski definition) is 1. The van der Waals surface area contributed by atoms with Crippen molar-refractivity contribution in [2.24, 2.45) is 17.1 Å². The average molecular weight is 269 g/mol. The summed E-state index contributed by atoms with van der Waals surface area (Å²) in [6.45, 7) is 4.83. The van der Waals surface area contributed by atoms with E-state index in [0.717, 1.165) is 32.5 Å². The van der Waals surface area contributed by atoms with Crippen molar-refractivity contribution in [2.45, 2.75) is 19.3 Å². The molecule has 0 aliphatic carbocycles. The lowest BCUT2D eigenvalue weighted by atomic mass is 9.79. The zero-order chi connectivity index (χ0) is 13.9. The van der Waals surface area contributed by atoms with Crippen molar-refractivity contribution in [1.82, 2.24) is 9.80 Å². The van der Waals surface area contributed by atoms with Gasteiger partial charge in [-0.05, 0) is 38.8 Å². The Bertz CT molecular complexity index is 316. The van der Waals surface area contributed by atoms with E-state index in [1.54, 1.807) is 0 Å². The van der Waals surface area contributed by atoms with Gasteiger partial charge in [0, 0.05) is 39.9 Å². The van der Waals surface area contributed by atoms with Gasteiger partial charge in [0.2, 0.25) is 5.91 Å². The Morgan fingerprint density at radius 1 is 1.47 bits per heavy atom. The third kappa shape index (κ3) is 3.27. The van der Waals surface area contributed by atoms with Gasteiger partial charge in [-0.1, -0.05) is 0 Å². The number of amides is 1. The molecule has 0 aromatic heterocycles. The number of nitrogens with two attached hydrogens (primary N) is 1. The van der Waals surface area contributed by atoms with Crippen LogP contribution in [-0.4, -0.2) is 69.2 Å². The largest absolute Gasteiger partial charge is 0.381 e. The van der Waals surface area contributed by atoms with Crippen LogP contribution < -0.4 is 5.73 Å². The lowest BCUT2D eigenvalue weighted by Gasteiger charge is -2.38. The first-order valence-corrected chi connectivity index (χ1v) is 7.29. The minimum Gasteiger partial charge on any atom is -0.381 e. The maximum absolute atomic E-state index is 12.7. The van der Waals surface area contributed by atoms with Crippen LogP contribution in [-0.2, 0) is 9.53 Å². The van der Waals surface area contributed by atoms with Crippen LogP contribution in [0, 0.1) is 11.3 Å². The van der Waals surface area contributed by atoms with Crippen molar-refractivity contribution in [3.63, 3.8) is 0 Å². The second kappa shape index (κ2) is 6.20. The molecule has 0 aromatic carbocycles. The Hall–Kier alpha value is -0.650. The molecule has 5 heteroatoms. The fraction of sp³-hybridized carbons (Fsp3) is 0.929. The Labute approximate surface area is 116 Å². The molecule has 2 N–H and O–H groups in total. The summed E-state index contributed by atoms with van der Waals surface area (Å²) in [4.78, 5) is 16.9. The van der Waals surface area contributed by atoms with Gasteiger partial charge in [-0.2, -0.15) is 0 Å². The van der Waals surface area contributed by atoms with E-state index in [0.29, 0.717) is 25.7 Å². The van der Waals surface area contributed by atoms with Crippen LogP contribution in [0.25, 0.3) is 0 Å². The maximum Gasteiger partial charge on any atom is 0.229 e. The molecule has 0 aromatic rings. The number of likely N-dealkylation sites (tertiary alicyclic amines) is 1. The molecule has 5 nitrogen and oxygen atoms in total. The molecule has 0 bridgehead atoms. The summed E-state index contributed by atoms with van der Waals surface area (Å²) in [6, 6.07) is 0. The molecule has 2 aliphatic rings. The normalized spacial score (nSPS) is 27.4. The van der Waals surface area contributed by atoms with Gasteiger partial charge in [-0.3, -0.25) is 4.79 Å². The van der Waals surface area contributed by atoms with Gasteiger partial charge in [0.1, 0.15) is 0 Å². The van der Waals surface area contributed by atoms with Gasteiger partial charge >= 0.3 is 0 Å². The van der Waals surface area contributed by atoms with Crippen LogP contribution >= 0.6 is 0 Å². The first-order chi connectivity index (χ1) is 9.07. The second-order valence-electron chi connectivity index (χ2n) is 6.20. The molecule has 2 rings (SSSR count). The van der Waals surface area contributed by atoms with Crippen molar-refractivity contribution >= 4 is 5.91 Å². The highest BCUT2D eigenvalue weighted by molar-refractivity contribution is 5.83. The monoisotopic (exact) mass is 269 g/mol. The predicted molar refractivity (Wildman–Crippen MR) is 74.8 cm³/mol. The number of hydrogen-bond acceptors (Lipinski definition) is 4. The van der Waals surface area contributed by atoms with Crippen LogP contribution in [0.3, 0.4) is 0 Å². The molecule has 2 aliphatic heterocycles. The molecule has 110 valence electrons. The summed E-state index contributed by atoms with van der Waals surface area (Å²) in [7, 11) is 4.06. The first-order valence-electron chi connectivity index (χ1n) is 7.29. The molecular formula is C14H27N3O2. The molecular weight excluding hydrogens is 242 g/mol. The standard InChI is InChI=1S/C14H27N3O2/c1-16-6-3-12(9-16)10-17(2)13(18)14(11-15)4-7-19-8-5-14/h12H,3-11,15H2,1-2H3. The fourth-order valence-corrected chi connectivity index (χ4v) is 3.32. The van der Waals surface area contributed by atoms with Crippen LogP contribution in [0.4, 0.5) is 0 Å². The van der Waals surface area contributed by atoms with Crippen LogP contribution in [0.5, 0.6) is 0 Å². The van der Waals surface area contributed by atoms with Crippen LogP contribution in [0.2, 0.25) is 0 Å². The van der Waals surface area contributed by atoms with Gasteiger partial charge in [-0.25, -0.2) is 0 Å². The minimum absolute atomic E-state index is 0.216. The molecule has 0 spiro atoms. The Morgan fingerprint density at radius 3 is 2.68 bits per heavy atom. The Balaban J connectivity index is 1.93. The van der Waals surface area contributed by atoms with Crippen molar-refractivity contribution in [1.29, 1.82) is 0 Å². The van der Waals surface area contributed by atoms with Crippen molar-refractivity contribution < 1.29 is 9.53 Å². The summed E-state index contributed by atoms with van der Waals surface area (Å²) < 4.78 is 5.37. The van der Waals surface area contributed by atoms with E-state index in [4.69, 9.17) is 10.5 Å².